The molecule has 0 bridgehead atoms. The van der Waals surface area contributed by atoms with Crippen molar-refractivity contribution in [2.24, 2.45) is 0 Å². The fraction of sp³-hybridized carbons (Fsp3) is 0.125. The number of aryl methyl sites for hydroxylation is 1. The van der Waals surface area contributed by atoms with Crippen molar-refractivity contribution in [1.29, 1.82) is 0 Å². The SMILES string of the molecule is Cc1nc(COc2ccccc2/C=C/C(=O)NCc2cnn(-c3ccccc3)c2)cs1. The van der Waals surface area contributed by atoms with Crippen molar-refractivity contribution in [2.45, 2.75) is 20.1 Å². The zero-order valence-electron chi connectivity index (χ0n) is 17.1. The number of nitrogens with zero attached hydrogens (tertiary/aromatic N) is 3. The summed E-state index contributed by atoms with van der Waals surface area (Å²) in [6.45, 7) is 2.76. The normalized spacial score (nSPS) is 11.0. The maximum atomic E-state index is 12.3. The summed E-state index contributed by atoms with van der Waals surface area (Å²) in [5, 5.41) is 10.2. The number of carbonyl (C=O) groups excluding carboxylic acids is 1. The van der Waals surface area contributed by atoms with E-state index in [4.69, 9.17) is 4.74 Å². The Morgan fingerprint density at radius 3 is 2.77 bits per heavy atom. The number of carbonyl (C=O) groups is 1. The number of aromatic nitrogens is 3. The Labute approximate surface area is 184 Å². The number of rotatable bonds is 8. The van der Waals surface area contributed by atoms with E-state index in [1.54, 1.807) is 28.3 Å². The van der Waals surface area contributed by atoms with Crippen LogP contribution in [0.25, 0.3) is 11.8 Å². The zero-order chi connectivity index (χ0) is 21.5. The summed E-state index contributed by atoms with van der Waals surface area (Å²) in [6, 6.07) is 17.5. The maximum absolute atomic E-state index is 12.3. The fourth-order valence-corrected chi connectivity index (χ4v) is 3.56. The smallest absolute Gasteiger partial charge is 0.244 e. The number of hydrogen-bond acceptors (Lipinski definition) is 5. The highest BCUT2D eigenvalue weighted by Crippen LogP contribution is 2.21. The van der Waals surface area contributed by atoms with E-state index in [1.165, 1.54) is 6.08 Å². The molecule has 2 aromatic carbocycles. The van der Waals surface area contributed by atoms with Crippen LogP contribution >= 0.6 is 11.3 Å². The van der Waals surface area contributed by atoms with E-state index in [2.05, 4.69) is 15.4 Å². The molecule has 31 heavy (non-hydrogen) atoms. The first kappa shape index (κ1) is 20.6. The van der Waals surface area contributed by atoms with E-state index in [0.29, 0.717) is 18.9 Å². The van der Waals surface area contributed by atoms with Crippen LogP contribution in [0.2, 0.25) is 0 Å². The van der Waals surface area contributed by atoms with Crippen molar-refractivity contribution in [3.63, 3.8) is 0 Å². The fourth-order valence-electron chi connectivity index (χ4n) is 2.96. The first-order chi connectivity index (χ1) is 15.2. The van der Waals surface area contributed by atoms with E-state index in [1.807, 2.05) is 73.1 Å². The van der Waals surface area contributed by atoms with E-state index >= 15 is 0 Å². The van der Waals surface area contributed by atoms with Crippen LogP contribution in [0.15, 0.2) is 78.4 Å². The molecule has 0 saturated carbocycles. The average molecular weight is 431 g/mol. The van der Waals surface area contributed by atoms with Crippen molar-refractivity contribution in [1.82, 2.24) is 20.1 Å². The molecule has 4 rings (SSSR count). The lowest BCUT2D eigenvalue weighted by Gasteiger charge is -2.07. The summed E-state index contributed by atoms with van der Waals surface area (Å²) in [5.41, 5.74) is 3.63. The minimum absolute atomic E-state index is 0.183. The lowest BCUT2D eigenvalue weighted by Crippen LogP contribution is -2.19. The number of benzene rings is 2. The Balaban J connectivity index is 1.33. The number of hydrogen-bond donors (Lipinski definition) is 1. The van der Waals surface area contributed by atoms with Crippen LogP contribution in [0.3, 0.4) is 0 Å². The molecule has 4 aromatic rings. The molecule has 0 atom stereocenters. The lowest BCUT2D eigenvalue weighted by molar-refractivity contribution is -0.116. The van der Waals surface area contributed by atoms with Gasteiger partial charge in [-0.05, 0) is 31.2 Å². The minimum atomic E-state index is -0.183. The molecule has 1 N–H and O–H groups in total. The van der Waals surface area contributed by atoms with Crippen LogP contribution < -0.4 is 10.1 Å². The van der Waals surface area contributed by atoms with Crippen LogP contribution in [-0.4, -0.2) is 20.7 Å². The van der Waals surface area contributed by atoms with Gasteiger partial charge in [-0.1, -0.05) is 36.4 Å². The second-order valence-corrected chi connectivity index (χ2v) is 7.93. The molecule has 0 aliphatic carbocycles. The molecular weight excluding hydrogens is 408 g/mol. The molecule has 2 heterocycles. The maximum Gasteiger partial charge on any atom is 0.244 e. The third kappa shape index (κ3) is 5.67. The highest BCUT2D eigenvalue weighted by molar-refractivity contribution is 7.09. The Morgan fingerprint density at radius 2 is 1.97 bits per heavy atom. The van der Waals surface area contributed by atoms with Crippen molar-refractivity contribution in [3.8, 4) is 11.4 Å². The van der Waals surface area contributed by atoms with Gasteiger partial charge in [-0.2, -0.15) is 5.10 Å². The summed E-state index contributed by atoms with van der Waals surface area (Å²) < 4.78 is 7.68. The highest BCUT2D eigenvalue weighted by atomic mass is 32.1. The number of nitrogens with one attached hydrogen (secondary N) is 1. The summed E-state index contributed by atoms with van der Waals surface area (Å²) in [6.07, 6.45) is 6.92. The highest BCUT2D eigenvalue weighted by Gasteiger charge is 2.05. The van der Waals surface area contributed by atoms with Gasteiger partial charge in [0.2, 0.25) is 5.91 Å². The molecule has 6 nitrogen and oxygen atoms in total. The number of thiazole rings is 1. The second-order valence-electron chi connectivity index (χ2n) is 6.86. The van der Waals surface area contributed by atoms with E-state index < -0.39 is 0 Å². The third-order valence-corrected chi connectivity index (χ3v) is 5.32. The van der Waals surface area contributed by atoms with Crippen LogP contribution in [0.1, 0.15) is 21.8 Å². The summed E-state index contributed by atoms with van der Waals surface area (Å²) in [7, 11) is 0. The van der Waals surface area contributed by atoms with E-state index in [-0.39, 0.29) is 5.91 Å². The van der Waals surface area contributed by atoms with Crippen LogP contribution in [0, 0.1) is 6.92 Å². The zero-order valence-corrected chi connectivity index (χ0v) is 17.9. The first-order valence-corrected chi connectivity index (χ1v) is 10.7. The molecule has 7 heteroatoms. The molecule has 156 valence electrons. The molecule has 0 aliphatic rings. The van der Waals surface area contributed by atoms with Crippen molar-refractivity contribution in [2.75, 3.05) is 0 Å². The quantitative estimate of drug-likeness (QED) is 0.417. The Kier molecular flexibility index (Phi) is 6.54. The van der Waals surface area contributed by atoms with Gasteiger partial charge in [0.15, 0.2) is 0 Å². The monoisotopic (exact) mass is 430 g/mol. The predicted octanol–water partition coefficient (Wildman–Crippen LogP) is 4.55. The largest absolute Gasteiger partial charge is 0.487 e. The topological polar surface area (TPSA) is 69.0 Å². The average Bonchev–Trinajstić information content (AvgIpc) is 3.45. The van der Waals surface area contributed by atoms with Gasteiger partial charge >= 0.3 is 0 Å². The van der Waals surface area contributed by atoms with Gasteiger partial charge < -0.3 is 10.1 Å². The van der Waals surface area contributed by atoms with Crippen molar-refractivity contribution >= 4 is 23.3 Å². The van der Waals surface area contributed by atoms with Crippen LogP contribution in [-0.2, 0) is 17.9 Å². The summed E-state index contributed by atoms with van der Waals surface area (Å²) in [4.78, 5) is 16.7. The number of ether oxygens (including phenoxy) is 1. The molecule has 0 aliphatic heterocycles. The van der Waals surface area contributed by atoms with E-state index in [0.717, 1.165) is 27.5 Å². The molecule has 0 unspecified atom stereocenters. The van der Waals surface area contributed by atoms with E-state index in [9.17, 15) is 4.79 Å². The van der Waals surface area contributed by atoms with Crippen LogP contribution in [0.5, 0.6) is 5.75 Å². The molecule has 0 fully saturated rings. The standard InChI is InChI=1S/C24H22N4O2S/c1-18-27-21(17-31-18)16-30-23-10-6-5-7-20(23)11-12-24(29)25-13-19-14-26-28(15-19)22-8-3-2-4-9-22/h2-12,14-15,17H,13,16H2,1H3,(H,25,29)/b12-11+. The Morgan fingerprint density at radius 1 is 1.16 bits per heavy atom. The molecule has 1 amide bonds. The van der Waals surface area contributed by atoms with Gasteiger partial charge in [0.25, 0.3) is 0 Å². The van der Waals surface area contributed by atoms with Gasteiger partial charge in [0.05, 0.1) is 22.6 Å². The number of para-hydroxylation sites is 2. The molecule has 0 radical (unpaired) electrons. The molecule has 0 spiro atoms. The predicted molar refractivity (Wildman–Crippen MR) is 122 cm³/mol. The van der Waals surface area contributed by atoms with Gasteiger partial charge in [-0.3, -0.25) is 4.79 Å². The van der Waals surface area contributed by atoms with Gasteiger partial charge in [-0.25, -0.2) is 9.67 Å². The number of amides is 1. The summed E-state index contributed by atoms with van der Waals surface area (Å²) in [5.74, 6) is 0.527. The summed E-state index contributed by atoms with van der Waals surface area (Å²) >= 11 is 1.60. The second kappa shape index (κ2) is 9.86. The van der Waals surface area contributed by atoms with Gasteiger partial charge in [-0.15, -0.1) is 11.3 Å². The van der Waals surface area contributed by atoms with Crippen molar-refractivity contribution < 1.29 is 9.53 Å². The van der Waals surface area contributed by atoms with Crippen molar-refractivity contribution in [3.05, 3.63) is 100 Å². The Hall–Kier alpha value is -3.71. The minimum Gasteiger partial charge on any atom is -0.487 e. The Bertz CT molecular complexity index is 1180. The molecule has 2 aromatic heterocycles. The van der Waals surface area contributed by atoms with Crippen LogP contribution in [0.4, 0.5) is 0 Å². The lowest BCUT2D eigenvalue weighted by atomic mass is 10.2. The third-order valence-electron chi connectivity index (χ3n) is 4.50. The molecular formula is C24H22N4O2S. The van der Waals surface area contributed by atoms with Gasteiger partial charge in [0, 0.05) is 35.3 Å². The van der Waals surface area contributed by atoms with Gasteiger partial charge in [0.1, 0.15) is 12.4 Å². The molecule has 0 saturated heterocycles. The first-order valence-electron chi connectivity index (χ1n) is 9.85.